The predicted molar refractivity (Wildman–Crippen MR) is 163 cm³/mol. The molecular weight excluding hydrogens is 616 g/mol. The number of amides is 2. The molecule has 214 valence electrons. The molecule has 0 spiro atoms. The monoisotopic (exact) mass is 643 g/mol. The SMILES string of the molecule is CCCNC(=O)C(Cc1ccccc1)N(Cc1c(Cl)cccc1Cl)C(=O)CN(c1cccc(Cl)c1Cl)S(C)(=O)=O. The average molecular weight is 645 g/mol. The van der Waals surface area contributed by atoms with Crippen molar-refractivity contribution < 1.29 is 18.0 Å². The van der Waals surface area contributed by atoms with Crippen molar-refractivity contribution in [3.63, 3.8) is 0 Å². The molecule has 12 heteroatoms. The molecule has 1 atom stereocenters. The minimum absolute atomic E-state index is 0.0235. The summed E-state index contributed by atoms with van der Waals surface area (Å²) >= 11 is 25.4. The molecule has 0 fully saturated rings. The van der Waals surface area contributed by atoms with Gasteiger partial charge in [0.1, 0.15) is 12.6 Å². The molecule has 1 unspecified atom stereocenters. The second kappa shape index (κ2) is 14.4. The van der Waals surface area contributed by atoms with Crippen LogP contribution < -0.4 is 9.62 Å². The van der Waals surface area contributed by atoms with Crippen LogP contribution in [0.2, 0.25) is 20.1 Å². The molecule has 3 rings (SSSR count). The van der Waals surface area contributed by atoms with E-state index < -0.39 is 34.4 Å². The number of nitrogens with one attached hydrogen (secondary N) is 1. The van der Waals surface area contributed by atoms with Crippen LogP contribution in [0.1, 0.15) is 24.5 Å². The van der Waals surface area contributed by atoms with Gasteiger partial charge in [-0.1, -0.05) is 95.8 Å². The molecule has 0 heterocycles. The number of nitrogens with zero attached hydrogens (tertiary/aromatic N) is 2. The molecule has 3 aromatic carbocycles. The van der Waals surface area contributed by atoms with Crippen molar-refractivity contribution >= 4 is 73.9 Å². The van der Waals surface area contributed by atoms with Crippen LogP contribution in [0, 0.1) is 0 Å². The summed E-state index contributed by atoms with van der Waals surface area (Å²) in [5.74, 6) is -1.06. The maximum atomic E-state index is 14.1. The number of hydrogen-bond acceptors (Lipinski definition) is 4. The zero-order valence-corrected chi connectivity index (χ0v) is 25.8. The van der Waals surface area contributed by atoms with E-state index in [4.69, 9.17) is 46.4 Å². The van der Waals surface area contributed by atoms with Crippen LogP contribution in [0.5, 0.6) is 0 Å². The highest BCUT2D eigenvalue weighted by molar-refractivity contribution is 7.92. The van der Waals surface area contributed by atoms with Crippen molar-refractivity contribution in [2.24, 2.45) is 0 Å². The van der Waals surface area contributed by atoms with Gasteiger partial charge in [-0.3, -0.25) is 13.9 Å². The first-order valence-electron chi connectivity index (χ1n) is 12.4. The zero-order valence-electron chi connectivity index (χ0n) is 21.9. The van der Waals surface area contributed by atoms with E-state index in [9.17, 15) is 18.0 Å². The molecule has 0 saturated heterocycles. The lowest BCUT2D eigenvalue weighted by Gasteiger charge is -2.34. The van der Waals surface area contributed by atoms with Crippen molar-refractivity contribution in [2.75, 3.05) is 23.7 Å². The van der Waals surface area contributed by atoms with Gasteiger partial charge in [0.05, 0.1) is 22.0 Å². The fraction of sp³-hybridized carbons (Fsp3) is 0.286. The van der Waals surface area contributed by atoms with Crippen molar-refractivity contribution in [2.45, 2.75) is 32.4 Å². The molecule has 0 aliphatic rings. The highest BCUT2D eigenvalue weighted by Crippen LogP contribution is 2.34. The van der Waals surface area contributed by atoms with Gasteiger partial charge in [0.15, 0.2) is 0 Å². The van der Waals surface area contributed by atoms with E-state index in [1.54, 1.807) is 18.2 Å². The van der Waals surface area contributed by atoms with E-state index in [0.717, 1.165) is 16.1 Å². The number of carbonyl (C=O) groups excluding carboxylic acids is 2. The van der Waals surface area contributed by atoms with E-state index in [1.165, 1.54) is 23.1 Å². The number of anilines is 1. The molecule has 0 saturated carbocycles. The Morgan fingerprint density at radius 3 is 2.08 bits per heavy atom. The van der Waals surface area contributed by atoms with Gasteiger partial charge in [0.25, 0.3) is 0 Å². The van der Waals surface area contributed by atoms with Crippen LogP contribution in [0.15, 0.2) is 66.7 Å². The molecule has 40 heavy (non-hydrogen) atoms. The first kappa shape index (κ1) is 32.0. The van der Waals surface area contributed by atoms with Crippen LogP contribution in [-0.4, -0.2) is 50.5 Å². The summed E-state index contributed by atoms with van der Waals surface area (Å²) in [6, 6.07) is 17.6. The van der Waals surface area contributed by atoms with Gasteiger partial charge < -0.3 is 10.2 Å². The van der Waals surface area contributed by atoms with Crippen LogP contribution in [0.25, 0.3) is 0 Å². The Labute approximate surface area is 255 Å². The van der Waals surface area contributed by atoms with Gasteiger partial charge in [-0.25, -0.2) is 8.42 Å². The minimum Gasteiger partial charge on any atom is -0.354 e. The fourth-order valence-electron chi connectivity index (χ4n) is 4.05. The third-order valence-corrected chi connectivity index (χ3v) is 8.73. The minimum atomic E-state index is -4.00. The van der Waals surface area contributed by atoms with E-state index in [1.807, 2.05) is 37.3 Å². The maximum absolute atomic E-state index is 14.1. The molecule has 2 amide bonds. The van der Waals surface area contributed by atoms with Crippen LogP contribution in [-0.2, 0) is 32.6 Å². The number of hydrogen-bond donors (Lipinski definition) is 1. The topological polar surface area (TPSA) is 86.8 Å². The maximum Gasteiger partial charge on any atom is 0.244 e. The summed E-state index contributed by atoms with van der Waals surface area (Å²) in [6.45, 7) is 1.52. The first-order chi connectivity index (χ1) is 18.9. The highest BCUT2D eigenvalue weighted by Gasteiger charge is 2.34. The molecule has 0 bridgehead atoms. The summed E-state index contributed by atoms with van der Waals surface area (Å²) < 4.78 is 26.6. The van der Waals surface area contributed by atoms with Crippen LogP contribution >= 0.6 is 46.4 Å². The molecule has 0 aliphatic heterocycles. The van der Waals surface area contributed by atoms with Crippen LogP contribution in [0.4, 0.5) is 5.69 Å². The number of sulfonamides is 1. The van der Waals surface area contributed by atoms with Gasteiger partial charge in [0.2, 0.25) is 21.8 Å². The molecule has 3 aromatic rings. The summed E-state index contributed by atoms with van der Waals surface area (Å²) in [7, 11) is -4.00. The summed E-state index contributed by atoms with van der Waals surface area (Å²) in [5.41, 5.74) is 1.27. The smallest absolute Gasteiger partial charge is 0.244 e. The van der Waals surface area contributed by atoms with Crippen LogP contribution in [0.3, 0.4) is 0 Å². The number of carbonyl (C=O) groups is 2. The molecule has 0 aromatic heterocycles. The Hall–Kier alpha value is -2.49. The average Bonchev–Trinajstić information content (AvgIpc) is 2.91. The van der Waals surface area contributed by atoms with Gasteiger partial charge in [-0.15, -0.1) is 0 Å². The third kappa shape index (κ3) is 8.27. The number of halogens is 4. The Balaban J connectivity index is 2.12. The van der Waals surface area contributed by atoms with E-state index in [-0.39, 0.29) is 28.7 Å². The summed E-state index contributed by atoms with van der Waals surface area (Å²) in [4.78, 5) is 28.9. The summed E-state index contributed by atoms with van der Waals surface area (Å²) in [5, 5.41) is 3.57. The van der Waals surface area contributed by atoms with Gasteiger partial charge >= 0.3 is 0 Å². The Bertz CT molecular complexity index is 1430. The molecule has 0 radical (unpaired) electrons. The van der Waals surface area contributed by atoms with Gasteiger partial charge in [0, 0.05) is 35.1 Å². The lowest BCUT2D eigenvalue weighted by molar-refractivity contribution is -0.140. The summed E-state index contributed by atoms with van der Waals surface area (Å²) in [6.07, 6.45) is 1.81. The normalized spacial score (nSPS) is 12.1. The molecule has 1 N–H and O–H groups in total. The van der Waals surface area contributed by atoms with E-state index in [2.05, 4.69) is 5.32 Å². The highest BCUT2D eigenvalue weighted by atomic mass is 35.5. The Kier molecular flexibility index (Phi) is 11.5. The standard InChI is InChI=1S/C28H29Cl4N3O4S/c1-3-15-33-28(37)25(16-19-9-5-4-6-10-19)34(17-20-21(29)11-7-12-22(20)30)26(36)18-35(40(2,38)39)24-14-8-13-23(31)27(24)32/h4-14,25H,3,15-18H2,1-2H3,(H,33,37). The van der Waals surface area contributed by atoms with Crippen molar-refractivity contribution in [3.05, 3.63) is 97.9 Å². The molecular formula is C28H29Cl4N3O4S. The number of rotatable bonds is 12. The quantitative estimate of drug-likeness (QED) is 0.253. The first-order valence-corrected chi connectivity index (χ1v) is 15.8. The molecule has 7 nitrogen and oxygen atoms in total. The van der Waals surface area contributed by atoms with Crippen molar-refractivity contribution in [3.8, 4) is 0 Å². The van der Waals surface area contributed by atoms with E-state index in [0.29, 0.717) is 28.6 Å². The lowest BCUT2D eigenvalue weighted by atomic mass is 10.0. The largest absolute Gasteiger partial charge is 0.354 e. The van der Waals surface area contributed by atoms with Crippen molar-refractivity contribution in [1.82, 2.24) is 10.2 Å². The second-order valence-corrected chi connectivity index (χ2v) is 12.6. The Morgan fingerprint density at radius 1 is 0.875 bits per heavy atom. The number of benzene rings is 3. The van der Waals surface area contributed by atoms with Crippen molar-refractivity contribution in [1.29, 1.82) is 0 Å². The Morgan fingerprint density at radius 2 is 1.48 bits per heavy atom. The zero-order chi connectivity index (χ0) is 29.4. The lowest BCUT2D eigenvalue weighted by Crippen LogP contribution is -2.53. The third-order valence-electron chi connectivity index (χ3n) is 6.09. The predicted octanol–water partition coefficient (Wildman–Crippen LogP) is 6.23. The van der Waals surface area contributed by atoms with Gasteiger partial charge in [-0.05, 0) is 36.2 Å². The second-order valence-electron chi connectivity index (χ2n) is 9.06. The van der Waals surface area contributed by atoms with Gasteiger partial charge in [-0.2, -0.15) is 0 Å². The van der Waals surface area contributed by atoms with E-state index >= 15 is 0 Å². The fourth-order valence-corrected chi connectivity index (χ4v) is 5.87. The molecule has 0 aliphatic carbocycles.